The largest absolute Gasteiger partial charge is 0.373 e. The minimum Gasteiger partial charge on any atom is -0.373 e. The number of nitrogens with one attached hydrogen (secondary N) is 2. The van der Waals surface area contributed by atoms with Crippen molar-refractivity contribution in [2.75, 3.05) is 17.7 Å². The number of hydrogen-bond acceptors (Lipinski definition) is 4. The fourth-order valence-corrected chi connectivity index (χ4v) is 3.61. The van der Waals surface area contributed by atoms with Gasteiger partial charge in [0.25, 0.3) is 5.91 Å². The van der Waals surface area contributed by atoms with Crippen molar-refractivity contribution in [2.24, 2.45) is 7.05 Å². The van der Waals surface area contributed by atoms with Crippen LogP contribution in [0.1, 0.15) is 27.0 Å². The van der Waals surface area contributed by atoms with E-state index in [9.17, 15) is 13.6 Å². The molecular formula is C26H23F2N5O. The molecule has 0 unspecified atom stereocenters. The van der Waals surface area contributed by atoms with Gasteiger partial charge < -0.3 is 10.6 Å². The summed E-state index contributed by atoms with van der Waals surface area (Å²) in [5, 5.41) is 9.78. The first-order chi connectivity index (χ1) is 16.3. The van der Waals surface area contributed by atoms with Crippen LogP contribution in [0, 0.1) is 18.6 Å². The van der Waals surface area contributed by atoms with Crippen molar-refractivity contribution in [3.8, 4) is 11.3 Å². The topological polar surface area (TPSA) is 71.8 Å². The molecular weight excluding hydrogens is 436 g/mol. The summed E-state index contributed by atoms with van der Waals surface area (Å²) < 4.78 is 29.6. The molecule has 0 bridgehead atoms. The highest BCUT2D eigenvalue weighted by atomic mass is 19.1. The van der Waals surface area contributed by atoms with Crippen molar-refractivity contribution in [1.29, 1.82) is 0 Å². The lowest BCUT2D eigenvalue weighted by Gasteiger charge is -2.15. The maximum Gasteiger partial charge on any atom is 0.256 e. The molecule has 2 heterocycles. The van der Waals surface area contributed by atoms with Gasteiger partial charge in [-0.15, -0.1) is 0 Å². The number of halogens is 2. The molecule has 0 radical (unpaired) electrons. The van der Waals surface area contributed by atoms with Crippen LogP contribution in [0.15, 0.2) is 67.4 Å². The third kappa shape index (κ3) is 4.43. The Hall–Kier alpha value is -4.33. The molecule has 0 saturated carbocycles. The second-order valence-electron chi connectivity index (χ2n) is 7.75. The lowest BCUT2D eigenvalue weighted by molar-refractivity contribution is 0.102. The van der Waals surface area contributed by atoms with Gasteiger partial charge in [-0.05, 0) is 60.0 Å². The van der Waals surface area contributed by atoms with Gasteiger partial charge in [0, 0.05) is 36.9 Å². The Morgan fingerprint density at radius 1 is 1.03 bits per heavy atom. The third-order valence-corrected chi connectivity index (χ3v) is 5.59. The minimum atomic E-state index is -0.514. The Morgan fingerprint density at radius 2 is 1.76 bits per heavy atom. The van der Waals surface area contributed by atoms with Crippen molar-refractivity contribution in [3.63, 3.8) is 0 Å². The summed E-state index contributed by atoms with van der Waals surface area (Å²) in [7, 11) is 3.42. The molecule has 8 heteroatoms. The molecule has 0 spiro atoms. The molecule has 4 aromatic rings. The van der Waals surface area contributed by atoms with Gasteiger partial charge in [-0.3, -0.25) is 9.48 Å². The Morgan fingerprint density at radius 3 is 2.41 bits per heavy atom. The molecule has 2 aromatic heterocycles. The molecule has 2 aromatic carbocycles. The smallest absolute Gasteiger partial charge is 0.256 e. The molecule has 172 valence electrons. The number of aromatic nitrogens is 3. The molecule has 0 atom stereocenters. The molecule has 4 rings (SSSR count). The predicted octanol–water partition coefficient (Wildman–Crippen LogP) is 5.42. The standard InChI is InChI=1S/C26H23F2N5O/c1-15(17-5-7-19(27)8-6-17)20-9-10-23(31-25(20)29-3)21-13-18(14-22(28)16(21)2)26(34)32-24-11-12-30-33(24)4/h5-14H,1H2,2-4H3,(H,29,31)(H,32,34). The zero-order valence-electron chi connectivity index (χ0n) is 19.0. The van der Waals surface area contributed by atoms with E-state index in [0.717, 1.165) is 11.1 Å². The summed E-state index contributed by atoms with van der Waals surface area (Å²) in [6, 6.07) is 14.1. The first-order valence-corrected chi connectivity index (χ1v) is 10.5. The average Bonchev–Trinajstić information content (AvgIpc) is 3.24. The van der Waals surface area contributed by atoms with E-state index in [0.29, 0.717) is 34.0 Å². The van der Waals surface area contributed by atoms with Gasteiger partial charge in [-0.1, -0.05) is 18.7 Å². The van der Waals surface area contributed by atoms with Crippen LogP contribution in [0.5, 0.6) is 0 Å². The lowest BCUT2D eigenvalue weighted by Crippen LogP contribution is -2.15. The van der Waals surface area contributed by atoms with E-state index in [1.165, 1.54) is 22.9 Å². The number of carbonyl (C=O) groups is 1. The molecule has 0 fully saturated rings. The summed E-state index contributed by atoms with van der Waals surface area (Å²) in [6.07, 6.45) is 1.56. The van der Waals surface area contributed by atoms with Crippen LogP contribution >= 0.6 is 0 Å². The Bertz CT molecular complexity index is 1390. The average molecular weight is 460 g/mol. The van der Waals surface area contributed by atoms with Crippen molar-refractivity contribution in [3.05, 3.63) is 101 Å². The highest BCUT2D eigenvalue weighted by Crippen LogP contribution is 2.32. The van der Waals surface area contributed by atoms with Gasteiger partial charge in [0.05, 0.1) is 11.9 Å². The number of amides is 1. The highest BCUT2D eigenvalue weighted by Gasteiger charge is 2.17. The zero-order valence-corrected chi connectivity index (χ0v) is 19.0. The number of benzene rings is 2. The van der Waals surface area contributed by atoms with Gasteiger partial charge in [0.1, 0.15) is 23.3 Å². The minimum absolute atomic E-state index is 0.159. The SMILES string of the molecule is C=C(c1ccc(F)cc1)c1ccc(-c2cc(C(=O)Nc3ccnn3C)cc(F)c2C)nc1NC. The number of carbonyl (C=O) groups excluding carboxylic acids is 1. The van der Waals surface area contributed by atoms with Crippen LogP contribution in [0.3, 0.4) is 0 Å². The fraction of sp³-hybridized carbons (Fsp3) is 0.115. The van der Waals surface area contributed by atoms with Crippen molar-refractivity contribution >= 4 is 23.1 Å². The lowest BCUT2D eigenvalue weighted by atomic mass is 9.97. The second-order valence-corrected chi connectivity index (χ2v) is 7.75. The van der Waals surface area contributed by atoms with Gasteiger partial charge >= 0.3 is 0 Å². The van der Waals surface area contributed by atoms with Crippen LogP contribution in [-0.2, 0) is 7.05 Å². The Labute approximate surface area is 196 Å². The van der Waals surface area contributed by atoms with E-state index in [1.807, 2.05) is 6.07 Å². The normalized spacial score (nSPS) is 10.7. The van der Waals surface area contributed by atoms with Crippen molar-refractivity contribution in [1.82, 2.24) is 14.8 Å². The molecule has 0 aliphatic rings. The second kappa shape index (κ2) is 9.27. The summed E-state index contributed by atoms with van der Waals surface area (Å²) in [6.45, 7) is 5.76. The molecule has 6 nitrogen and oxygen atoms in total. The Balaban J connectivity index is 1.71. The maximum atomic E-state index is 14.8. The van der Waals surface area contributed by atoms with Gasteiger partial charge in [0.15, 0.2) is 0 Å². The van der Waals surface area contributed by atoms with Crippen molar-refractivity contribution in [2.45, 2.75) is 6.92 Å². The summed E-state index contributed by atoms with van der Waals surface area (Å²) in [4.78, 5) is 17.4. The molecule has 0 aliphatic heterocycles. The monoisotopic (exact) mass is 459 g/mol. The van der Waals surface area contributed by atoms with Crippen molar-refractivity contribution < 1.29 is 13.6 Å². The van der Waals surface area contributed by atoms with E-state index in [1.54, 1.807) is 57.5 Å². The van der Waals surface area contributed by atoms with Crippen LogP contribution in [0.4, 0.5) is 20.4 Å². The number of hydrogen-bond donors (Lipinski definition) is 2. The first-order valence-electron chi connectivity index (χ1n) is 10.5. The number of pyridine rings is 1. The van der Waals surface area contributed by atoms with E-state index < -0.39 is 11.7 Å². The van der Waals surface area contributed by atoms with Gasteiger partial charge in [0.2, 0.25) is 0 Å². The van der Waals surface area contributed by atoms with Crippen LogP contribution in [-0.4, -0.2) is 27.7 Å². The quantitative estimate of drug-likeness (QED) is 0.404. The molecule has 2 N–H and O–H groups in total. The highest BCUT2D eigenvalue weighted by molar-refractivity contribution is 6.04. The van der Waals surface area contributed by atoms with Crippen LogP contribution in [0.25, 0.3) is 16.8 Å². The molecule has 0 saturated heterocycles. The zero-order chi connectivity index (χ0) is 24.4. The third-order valence-electron chi connectivity index (χ3n) is 5.59. The first kappa shape index (κ1) is 22.8. The fourth-order valence-electron chi connectivity index (χ4n) is 3.61. The summed E-state index contributed by atoms with van der Waals surface area (Å²) >= 11 is 0. The number of nitrogens with zero attached hydrogens (tertiary/aromatic N) is 3. The van der Waals surface area contributed by atoms with E-state index >= 15 is 0 Å². The molecule has 0 aliphatic carbocycles. The maximum absolute atomic E-state index is 14.8. The number of rotatable bonds is 6. The van der Waals surface area contributed by atoms with Gasteiger partial charge in [-0.2, -0.15) is 5.10 Å². The molecule has 1 amide bonds. The summed E-state index contributed by atoms with van der Waals surface area (Å²) in [5.41, 5.74) is 3.65. The number of anilines is 2. The number of aryl methyl sites for hydroxylation is 1. The predicted molar refractivity (Wildman–Crippen MR) is 130 cm³/mol. The van der Waals surface area contributed by atoms with E-state index in [4.69, 9.17) is 0 Å². The Kier molecular flexibility index (Phi) is 6.23. The van der Waals surface area contributed by atoms with E-state index in [2.05, 4.69) is 27.3 Å². The van der Waals surface area contributed by atoms with Crippen LogP contribution in [0.2, 0.25) is 0 Å². The van der Waals surface area contributed by atoms with Gasteiger partial charge in [-0.25, -0.2) is 13.8 Å². The van der Waals surface area contributed by atoms with Crippen LogP contribution < -0.4 is 10.6 Å². The summed E-state index contributed by atoms with van der Waals surface area (Å²) in [5.74, 6) is -0.286. The van der Waals surface area contributed by atoms with E-state index in [-0.39, 0.29) is 11.4 Å². The molecule has 34 heavy (non-hydrogen) atoms.